The molecule has 27 heavy (non-hydrogen) atoms. The Hall–Kier alpha value is -2.80. The van der Waals surface area contributed by atoms with Crippen LogP contribution >= 0.6 is 11.8 Å². The van der Waals surface area contributed by atoms with Crippen LogP contribution in [0, 0.1) is 0 Å². The summed E-state index contributed by atoms with van der Waals surface area (Å²) < 4.78 is 4.65. The molecule has 0 atom stereocenters. The lowest BCUT2D eigenvalue weighted by molar-refractivity contribution is 0.103. The van der Waals surface area contributed by atoms with Gasteiger partial charge in [-0.15, -0.1) is 0 Å². The molecule has 0 radical (unpaired) electrons. The molecule has 7 heteroatoms. The van der Waals surface area contributed by atoms with Crippen LogP contribution in [0.1, 0.15) is 35.7 Å². The lowest BCUT2D eigenvalue weighted by Gasteiger charge is -2.09. The second kappa shape index (κ2) is 10.4. The Bertz CT molecular complexity index is 822. The summed E-state index contributed by atoms with van der Waals surface area (Å²) >= 11 is 1.40. The number of nitrogens with one attached hydrogen (secondary N) is 1. The van der Waals surface area contributed by atoms with Gasteiger partial charge in [-0.3, -0.25) is 10.1 Å². The van der Waals surface area contributed by atoms with Crippen LogP contribution in [0.15, 0.2) is 53.5 Å². The quantitative estimate of drug-likeness (QED) is 0.253. The lowest BCUT2D eigenvalue weighted by atomic mass is 10.0. The Morgan fingerprint density at radius 3 is 2.56 bits per heavy atom. The highest BCUT2D eigenvalue weighted by molar-refractivity contribution is 8.13. The monoisotopic (exact) mass is 385 g/mol. The normalized spacial score (nSPS) is 11.1. The van der Waals surface area contributed by atoms with Crippen molar-refractivity contribution in [3.8, 4) is 0 Å². The number of hydrogen-bond acceptors (Lipinski definition) is 6. The number of thioether (sulfide) groups is 1. The van der Waals surface area contributed by atoms with E-state index in [1.165, 1.54) is 18.9 Å². The highest BCUT2D eigenvalue weighted by Crippen LogP contribution is 2.26. The second-order valence-electron chi connectivity index (χ2n) is 5.70. The molecule has 0 bridgehead atoms. The number of anilines is 1. The number of nitrogen functional groups attached to an aromatic ring is 1. The number of ketones is 1. The number of ether oxygens (including phenoxy) is 1. The third kappa shape index (κ3) is 6.14. The number of unbranched alkanes of at least 4 members (excludes halogenated alkanes) is 1. The van der Waals surface area contributed by atoms with Crippen molar-refractivity contribution in [2.45, 2.75) is 19.8 Å². The van der Waals surface area contributed by atoms with Crippen molar-refractivity contribution in [2.24, 2.45) is 4.99 Å². The number of nitrogens with two attached hydrogens (primary N) is 1. The van der Waals surface area contributed by atoms with E-state index in [4.69, 9.17) is 5.73 Å². The third-order valence-electron chi connectivity index (χ3n) is 3.68. The van der Waals surface area contributed by atoms with E-state index in [2.05, 4.69) is 22.0 Å². The molecule has 0 aromatic heterocycles. The largest absolute Gasteiger partial charge is 0.453 e. The van der Waals surface area contributed by atoms with Crippen LogP contribution in [0.25, 0.3) is 0 Å². The molecule has 0 saturated heterocycles. The average Bonchev–Trinajstić information content (AvgIpc) is 2.69. The number of carbonyl (C=O) groups is 2. The predicted octanol–water partition coefficient (Wildman–Crippen LogP) is 4.38. The SMILES string of the molecule is CCCCSC(=Nc1cc(C(=O)c2ccccc2)ccc1N)NC(=O)OC. The van der Waals surface area contributed by atoms with Crippen LogP contribution in [0.5, 0.6) is 0 Å². The van der Waals surface area contributed by atoms with Crippen molar-refractivity contribution >= 4 is 40.2 Å². The van der Waals surface area contributed by atoms with E-state index >= 15 is 0 Å². The highest BCUT2D eigenvalue weighted by atomic mass is 32.2. The smallest absolute Gasteiger partial charge is 0.412 e. The van der Waals surface area contributed by atoms with Crippen molar-refractivity contribution in [1.82, 2.24) is 5.32 Å². The fourth-order valence-corrected chi connectivity index (χ4v) is 3.14. The van der Waals surface area contributed by atoms with Crippen molar-refractivity contribution in [3.05, 3.63) is 59.7 Å². The standard InChI is InChI=1S/C20H23N3O3S/c1-3-4-12-27-19(23-20(25)26-2)22-17-13-15(10-11-16(17)21)18(24)14-8-6-5-7-9-14/h5-11,13H,3-4,12,21H2,1-2H3,(H,22,23,25). The minimum atomic E-state index is -0.604. The summed E-state index contributed by atoms with van der Waals surface area (Å²) in [6, 6.07) is 13.9. The molecule has 0 spiro atoms. The van der Waals surface area contributed by atoms with Gasteiger partial charge in [-0.25, -0.2) is 9.79 Å². The molecule has 0 heterocycles. The predicted molar refractivity (Wildman–Crippen MR) is 111 cm³/mol. The van der Waals surface area contributed by atoms with Crippen LogP contribution < -0.4 is 11.1 Å². The minimum absolute atomic E-state index is 0.117. The maximum absolute atomic E-state index is 12.6. The average molecular weight is 385 g/mol. The van der Waals surface area contributed by atoms with Gasteiger partial charge < -0.3 is 10.5 Å². The van der Waals surface area contributed by atoms with E-state index in [9.17, 15) is 9.59 Å². The van der Waals surface area contributed by atoms with E-state index in [1.54, 1.807) is 30.3 Å². The first kappa shape index (κ1) is 20.5. The summed E-state index contributed by atoms with van der Waals surface area (Å²) in [5, 5.41) is 2.97. The number of alkyl carbamates (subject to hydrolysis) is 1. The molecule has 2 aromatic carbocycles. The summed E-state index contributed by atoms with van der Waals surface area (Å²) in [6.07, 6.45) is 1.41. The number of hydrogen-bond donors (Lipinski definition) is 2. The van der Waals surface area contributed by atoms with Crippen LogP contribution in [-0.2, 0) is 4.74 Å². The number of methoxy groups -OCH3 is 1. The molecule has 2 rings (SSSR count). The van der Waals surface area contributed by atoms with Gasteiger partial charge in [0.15, 0.2) is 11.0 Å². The van der Waals surface area contributed by atoms with Crippen LogP contribution in [0.2, 0.25) is 0 Å². The van der Waals surface area contributed by atoms with Crippen LogP contribution in [0.4, 0.5) is 16.2 Å². The van der Waals surface area contributed by atoms with Crippen LogP contribution in [-0.4, -0.2) is 29.9 Å². The molecule has 3 N–H and O–H groups in total. The highest BCUT2D eigenvalue weighted by Gasteiger charge is 2.12. The summed E-state index contributed by atoms with van der Waals surface area (Å²) in [6.45, 7) is 2.09. The topological polar surface area (TPSA) is 93.8 Å². The Labute approximate surface area is 163 Å². The number of rotatable bonds is 6. The van der Waals surface area contributed by atoms with E-state index in [0.717, 1.165) is 18.6 Å². The maximum atomic E-state index is 12.6. The van der Waals surface area contributed by atoms with Gasteiger partial charge in [0.25, 0.3) is 0 Å². The van der Waals surface area contributed by atoms with Crippen molar-refractivity contribution in [1.29, 1.82) is 0 Å². The molecular formula is C20H23N3O3S. The lowest BCUT2D eigenvalue weighted by Crippen LogP contribution is -2.28. The van der Waals surface area contributed by atoms with Crippen molar-refractivity contribution in [2.75, 3.05) is 18.6 Å². The van der Waals surface area contributed by atoms with Gasteiger partial charge in [-0.2, -0.15) is 0 Å². The summed E-state index contributed by atoms with van der Waals surface area (Å²) in [5.41, 5.74) is 7.93. The van der Waals surface area contributed by atoms with Gasteiger partial charge in [0.2, 0.25) is 0 Å². The van der Waals surface area contributed by atoms with Gasteiger partial charge in [-0.05, 0) is 24.6 Å². The van der Waals surface area contributed by atoms with Gasteiger partial charge in [0, 0.05) is 16.9 Å². The molecule has 0 unspecified atom stereocenters. The number of carbonyl (C=O) groups excluding carboxylic acids is 2. The Morgan fingerprint density at radius 2 is 1.89 bits per heavy atom. The van der Waals surface area contributed by atoms with Gasteiger partial charge in [0.1, 0.15) is 0 Å². The van der Waals surface area contributed by atoms with Crippen molar-refractivity contribution < 1.29 is 14.3 Å². The Kier molecular flexibility index (Phi) is 7.88. The van der Waals surface area contributed by atoms with Gasteiger partial charge in [0.05, 0.1) is 18.5 Å². The van der Waals surface area contributed by atoms with Gasteiger partial charge in [-0.1, -0.05) is 55.4 Å². The van der Waals surface area contributed by atoms with E-state index < -0.39 is 6.09 Å². The molecule has 0 saturated carbocycles. The number of amides is 1. The number of nitrogens with zero attached hydrogens (tertiary/aromatic N) is 1. The molecule has 0 aliphatic rings. The molecule has 142 valence electrons. The first-order valence-electron chi connectivity index (χ1n) is 8.61. The fourth-order valence-electron chi connectivity index (χ4n) is 2.20. The first-order valence-corrected chi connectivity index (χ1v) is 9.59. The first-order chi connectivity index (χ1) is 13.0. The number of benzene rings is 2. The minimum Gasteiger partial charge on any atom is -0.453 e. The van der Waals surface area contributed by atoms with Gasteiger partial charge >= 0.3 is 6.09 Å². The third-order valence-corrected chi connectivity index (χ3v) is 4.64. The summed E-state index contributed by atoms with van der Waals surface area (Å²) in [7, 11) is 1.29. The molecular weight excluding hydrogens is 362 g/mol. The van der Waals surface area contributed by atoms with Crippen LogP contribution in [0.3, 0.4) is 0 Å². The second-order valence-corrected chi connectivity index (χ2v) is 6.79. The fraction of sp³-hybridized carbons (Fsp3) is 0.250. The maximum Gasteiger partial charge on any atom is 0.412 e. The molecule has 1 amide bonds. The summed E-state index contributed by atoms with van der Waals surface area (Å²) in [4.78, 5) is 28.7. The zero-order valence-electron chi connectivity index (χ0n) is 15.4. The molecule has 0 aliphatic heterocycles. The molecule has 6 nitrogen and oxygen atoms in total. The van der Waals surface area contributed by atoms with E-state index in [0.29, 0.717) is 27.7 Å². The van der Waals surface area contributed by atoms with Crippen molar-refractivity contribution in [3.63, 3.8) is 0 Å². The van der Waals surface area contributed by atoms with E-state index in [-0.39, 0.29) is 5.78 Å². The van der Waals surface area contributed by atoms with E-state index in [1.807, 2.05) is 18.2 Å². The Morgan fingerprint density at radius 1 is 1.15 bits per heavy atom. The number of amidine groups is 1. The molecule has 0 aliphatic carbocycles. The molecule has 0 fully saturated rings. The zero-order valence-corrected chi connectivity index (χ0v) is 16.2. The Balaban J connectivity index is 2.31. The summed E-state index contributed by atoms with van der Waals surface area (Å²) in [5.74, 6) is 0.676. The molecule has 2 aromatic rings. The number of aliphatic imine (C=N–C) groups is 1. The zero-order chi connectivity index (χ0) is 19.6.